The van der Waals surface area contributed by atoms with E-state index in [1.807, 2.05) is 34.0 Å². The number of carbonyl (C=O) groups excluding carboxylic acids is 1. The number of aryl methyl sites for hydroxylation is 1. The van der Waals surface area contributed by atoms with Gasteiger partial charge in [0.05, 0.1) is 6.54 Å². The van der Waals surface area contributed by atoms with Gasteiger partial charge in [0.25, 0.3) is 0 Å². The van der Waals surface area contributed by atoms with Gasteiger partial charge in [0, 0.05) is 18.8 Å². The lowest BCUT2D eigenvalue weighted by molar-refractivity contribution is 0.0523. The van der Waals surface area contributed by atoms with Crippen LogP contribution in [0, 0.1) is 0 Å². The van der Waals surface area contributed by atoms with E-state index >= 15 is 0 Å². The van der Waals surface area contributed by atoms with Gasteiger partial charge in [-0.1, -0.05) is 0 Å². The van der Waals surface area contributed by atoms with E-state index in [2.05, 4.69) is 26.3 Å². The number of hydrogen-bond acceptors (Lipinski definition) is 3. The molecule has 1 rings (SSSR count). The molecule has 0 bridgehead atoms. The Kier molecular flexibility index (Phi) is 3.96. The van der Waals surface area contributed by atoms with Crippen molar-refractivity contribution in [2.45, 2.75) is 32.9 Å². The maximum atomic E-state index is 11.4. The first-order valence-electron chi connectivity index (χ1n) is 4.93. The van der Waals surface area contributed by atoms with Crippen molar-refractivity contribution in [3.63, 3.8) is 0 Å². The van der Waals surface area contributed by atoms with Gasteiger partial charge in [-0.05, 0) is 36.7 Å². The molecule has 0 atom stereocenters. The highest BCUT2D eigenvalue weighted by Gasteiger charge is 2.16. The van der Waals surface area contributed by atoms with E-state index in [0.717, 1.165) is 10.2 Å². The molecule has 1 aromatic heterocycles. The van der Waals surface area contributed by atoms with Crippen LogP contribution < -0.4 is 5.32 Å². The molecule has 0 saturated carbocycles. The Morgan fingerprint density at radius 1 is 1.62 bits per heavy atom. The standard InChI is InChI=1S/C10H16BrN3O2/c1-10(2,3)16-9(15)12-5-7-6-14(4)13-8(7)11/h6H,5H2,1-4H3,(H,12,15). The number of hydrogen-bond donors (Lipinski definition) is 1. The van der Waals surface area contributed by atoms with Gasteiger partial charge in [-0.25, -0.2) is 4.79 Å². The fourth-order valence-corrected chi connectivity index (χ4v) is 1.60. The monoisotopic (exact) mass is 289 g/mol. The number of rotatable bonds is 2. The third kappa shape index (κ3) is 4.22. The smallest absolute Gasteiger partial charge is 0.407 e. The minimum atomic E-state index is -0.476. The third-order valence-electron chi connectivity index (χ3n) is 1.68. The summed E-state index contributed by atoms with van der Waals surface area (Å²) < 4.78 is 7.52. The number of aromatic nitrogens is 2. The summed E-state index contributed by atoms with van der Waals surface area (Å²) in [4.78, 5) is 11.4. The Labute approximate surface area is 103 Å². The summed E-state index contributed by atoms with van der Waals surface area (Å²) in [6, 6.07) is 0. The summed E-state index contributed by atoms with van der Waals surface area (Å²) in [7, 11) is 1.82. The quantitative estimate of drug-likeness (QED) is 0.908. The molecular weight excluding hydrogens is 274 g/mol. The van der Waals surface area contributed by atoms with Crippen LogP contribution in [-0.2, 0) is 18.3 Å². The topological polar surface area (TPSA) is 56.2 Å². The molecule has 1 aromatic rings. The second-order valence-corrected chi connectivity index (χ2v) is 5.23. The zero-order chi connectivity index (χ0) is 12.3. The van der Waals surface area contributed by atoms with Crippen molar-refractivity contribution in [3.8, 4) is 0 Å². The molecule has 0 aliphatic heterocycles. The average Bonchev–Trinajstić information content (AvgIpc) is 2.38. The van der Waals surface area contributed by atoms with Crippen molar-refractivity contribution in [2.75, 3.05) is 0 Å². The largest absolute Gasteiger partial charge is 0.444 e. The number of amides is 1. The molecule has 1 N–H and O–H groups in total. The predicted molar refractivity (Wildman–Crippen MR) is 64.0 cm³/mol. The van der Waals surface area contributed by atoms with E-state index in [4.69, 9.17) is 4.74 Å². The molecule has 0 fully saturated rings. The summed E-state index contributed by atoms with van der Waals surface area (Å²) in [5, 5.41) is 6.77. The van der Waals surface area contributed by atoms with Crippen LogP contribution in [0.2, 0.25) is 0 Å². The van der Waals surface area contributed by atoms with E-state index in [0.29, 0.717) is 6.54 Å². The van der Waals surface area contributed by atoms with Crippen LogP contribution in [0.1, 0.15) is 26.3 Å². The number of carbonyl (C=O) groups is 1. The summed E-state index contributed by atoms with van der Waals surface area (Å²) in [5.41, 5.74) is 0.435. The number of nitrogens with one attached hydrogen (secondary N) is 1. The minimum Gasteiger partial charge on any atom is -0.444 e. The zero-order valence-electron chi connectivity index (χ0n) is 9.87. The van der Waals surface area contributed by atoms with E-state index in [-0.39, 0.29) is 0 Å². The Balaban J connectivity index is 2.46. The van der Waals surface area contributed by atoms with Gasteiger partial charge in [-0.2, -0.15) is 5.10 Å². The highest BCUT2D eigenvalue weighted by atomic mass is 79.9. The van der Waals surface area contributed by atoms with E-state index < -0.39 is 11.7 Å². The van der Waals surface area contributed by atoms with Gasteiger partial charge in [0.1, 0.15) is 10.2 Å². The Morgan fingerprint density at radius 2 is 2.25 bits per heavy atom. The van der Waals surface area contributed by atoms with Crippen molar-refractivity contribution in [1.82, 2.24) is 15.1 Å². The molecule has 6 heteroatoms. The van der Waals surface area contributed by atoms with Crippen molar-refractivity contribution in [3.05, 3.63) is 16.4 Å². The predicted octanol–water partition coefficient (Wildman–Crippen LogP) is 2.21. The molecule has 1 amide bonds. The summed E-state index contributed by atoms with van der Waals surface area (Å²) in [6.45, 7) is 5.87. The molecule has 1 heterocycles. The average molecular weight is 290 g/mol. The van der Waals surface area contributed by atoms with E-state index in [9.17, 15) is 4.79 Å². The molecule has 0 aliphatic carbocycles. The van der Waals surface area contributed by atoms with Crippen LogP contribution in [0.5, 0.6) is 0 Å². The zero-order valence-corrected chi connectivity index (χ0v) is 11.5. The van der Waals surface area contributed by atoms with Gasteiger partial charge in [0.2, 0.25) is 0 Å². The molecule has 0 unspecified atom stereocenters. The Morgan fingerprint density at radius 3 is 2.69 bits per heavy atom. The number of nitrogens with zero attached hydrogens (tertiary/aromatic N) is 2. The molecule has 16 heavy (non-hydrogen) atoms. The van der Waals surface area contributed by atoms with Gasteiger partial charge >= 0.3 is 6.09 Å². The van der Waals surface area contributed by atoms with Crippen molar-refractivity contribution in [2.24, 2.45) is 7.05 Å². The maximum absolute atomic E-state index is 11.4. The van der Waals surface area contributed by atoms with E-state index in [1.54, 1.807) is 4.68 Å². The van der Waals surface area contributed by atoms with Crippen LogP contribution in [-0.4, -0.2) is 21.5 Å². The molecular formula is C10H16BrN3O2. The van der Waals surface area contributed by atoms with Crippen LogP contribution in [0.25, 0.3) is 0 Å². The lowest BCUT2D eigenvalue weighted by Crippen LogP contribution is -2.32. The minimum absolute atomic E-state index is 0.392. The molecule has 0 saturated heterocycles. The van der Waals surface area contributed by atoms with Gasteiger partial charge in [-0.15, -0.1) is 0 Å². The van der Waals surface area contributed by atoms with Crippen LogP contribution in [0.3, 0.4) is 0 Å². The Hall–Kier alpha value is -1.04. The lowest BCUT2D eigenvalue weighted by Gasteiger charge is -2.19. The SMILES string of the molecule is Cn1cc(CNC(=O)OC(C)(C)C)c(Br)n1. The van der Waals surface area contributed by atoms with Crippen molar-refractivity contribution < 1.29 is 9.53 Å². The molecule has 0 aliphatic rings. The number of ether oxygens (including phenoxy) is 1. The normalized spacial score (nSPS) is 11.3. The molecule has 0 radical (unpaired) electrons. The van der Waals surface area contributed by atoms with Gasteiger partial charge in [-0.3, -0.25) is 4.68 Å². The first-order valence-corrected chi connectivity index (χ1v) is 5.72. The number of halogens is 1. The van der Waals surface area contributed by atoms with Crippen LogP contribution in [0.4, 0.5) is 4.79 Å². The molecule has 90 valence electrons. The second kappa shape index (κ2) is 4.86. The molecule has 0 aromatic carbocycles. The fraction of sp³-hybridized carbons (Fsp3) is 0.600. The highest BCUT2D eigenvalue weighted by Crippen LogP contribution is 2.13. The summed E-state index contributed by atoms with van der Waals surface area (Å²) in [6.07, 6.45) is 1.41. The van der Waals surface area contributed by atoms with Crippen molar-refractivity contribution in [1.29, 1.82) is 0 Å². The summed E-state index contributed by atoms with van der Waals surface area (Å²) >= 11 is 3.30. The molecule has 5 nitrogen and oxygen atoms in total. The second-order valence-electron chi connectivity index (χ2n) is 4.47. The lowest BCUT2D eigenvalue weighted by atomic mass is 10.2. The maximum Gasteiger partial charge on any atom is 0.407 e. The number of alkyl carbamates (subject to hydrolysis) is 1. The van der Waals surface area contributed by atoms with Crippen LogP contribution in [0.15, 0.2) is 10.8 Å². The van der Waals surface area contributed by atoms with Gasteiger partial charge in [0.15, 0.2) is 0 Å². The van der Waals surface area contributed by atoms with E-state index in [1.165, 1.54) is 0 Å². The fourth-order valence-electron chi connectivity index (χ4n) is 1.11. The van der Waals surface area contributed by atoms with Crippen molar-refractivity contribution >= 4 is 22.0 Å². The third-order valence-corrected chi connectivity index (χ3v) is 2.34. The summed E-state index contributed by atoms with van der Waals surface area (Å²) in [5.74, 6) is 0. The Bertz CT molecular complexity index is 382. The van der Waals surface area contributed by atoms with Crippen LogP contribution >= 0.6 is 15.9 Å². The van der Waals surface area contributed by atoms with Gasteiger partial charge < -0.3 is 10.1 Å². The highest BCUT2D eigenvalue weighted by molar-refractivity contribution is 9.10. The molecule has 0 spiro atoms. The first-order chi connectivity index (χ1) is 7.28. The first kappa shape index (κ1) is 13.0.